The number of pyridine rings is 1. The molecule has 1 saturated heterocycles. The Morgan fingerprint density at radius 1 is 1.08 bits per heavy atom. The summed E-state index contributed by atoms with van der Waals surface area (Å²) in [6, 6.07) is 5.01. The van der Waals surface area contributed by atoms with Crippen LogP contribution < -0.4 is 24.8 Å². The molecular weight excluding hydrogens is 813 g/mol. The first-order chi connectivity index (χ1) is 28.6. The summed E-state index contributed by atoms with van der Waals surface area (Å²) in [6.45, 7) is 12.4. The third-order valence-corrected chi connectivity index (χ3v) is 15.1. The highest BCUT2D eigenvalue weighted by molar-refractivity contribution is 7.91. The number of hydrogen-bond donors (Lipinski definition) is 3. The quantitative estimate of drug-likeness (QED) is 0.232. The lowest BCUT2D eigenvalue weighted by atomic mass is 9.88. The van der Waals surface area contributed by atoms with Crippen molar-refractivity contribution in [2.24, 2.45) is 17.8 Å². The topological polar surface area (TPSA) is 182 Å². The number of benzene rings is 1. The number of rotatable bonds is 8. The largest absolute Gasteiger partial charge is 0.477 e. The van der Waals surface area contributed by atoms with Gasteiger partial charge in [0.05, 0.1) is 17.9 Å². The van der Waals surface area contributed by atoms with Gasteiger partial charge in [-0.1, -0.05) is 58.0 Å². The average Bonchev–Trinajstić information content (AvgIpc) is 4.08. The summed E-state index contributed by atoms with van der Waals surface area (Å²) in [7, 11) is -4.05. The fourth-order valence-electron chi connectivity index (χ4n) is 8.37. The van der Waals surface area contributed by atoms with Crippen LogP contribution in [-0.2, 0) is 35.6 Å². The molecule has 2 aliphatic carbocycles. The lowest BCUT2D eigenvalue weighted by Gasteiger charge is -2.35. The summed E-state index contributed by atoms with van der Waals surface area (Å²) < 4.78 is 74.2. The molecule has 14 nitrogen and oxygen atoms in total. The van der Waals surface area contributed by atoms with Crippen LogP contribution in [0.2, 0.25) is 0 Å². The number of alkyl halides is 2. The van der Waals surface area contributed by atoms with Crippen LogP contribution in [-0.4, -0.2) is 95.3 Å². The molecule has 5 aliphatic rings. The van der Waals surface area contributed by atoms with Gasteiger partial charge in [-0.2, -0.15) is 4.98 Å². The van der Waals surface area contributed by atoms with E-state index in [1.54, 1.807) is 13.8 Å². The molecule has 0 spiro atoms. The number of carbonyl (C=O) groups is 4. The normalized spacial score (nSPS) is 29.3. The summed E-state index contributed by atoms with van der Waals surface area (Å²) in [6.07, 6.45) is 5.86. The van der Waals surface area contributed by atoms with Crippen LogP contribution in [0.15, 0.2) is 36.4 Å². The van der Waals surface area contributed by atoms with Crippen LogP contribution in [0.3, 0.4) is 0 Å². The average molecular weight is 880 g/mol. The molecule has 1 aromatic heterocycles. The first-order valence-corrected chi connectivity index (χ1v) is 23.1. The molecule has 4 amide bonds. The second-order valence-electron chi connectivity index (χ2n) is 18.1. The number of fused-ring (bicyclic) bond motifs is 5. The number of amides is 4. The van der Waals surface area contributed by atoms with Crippen LogP contribution in [0.5, 0.6) is 11.8 Å². The van der Waals surface area contributed by atoms with E-state index in [1.165, 1.54) is 4.90 Å². The van der Waals surface area contributed by atoms with Gasteiger partial charge in [0.25, 0.3) is 11.8 Å². The van der Waals surface area contributed by atoms with Gasteiger partial charge in [0.1, 0.15) is 23.7 Å². The van der Waals surface area contributed by atoms with E-state index in [0.29, 0.717) is 56.9 Å². The highest BCUT2D eigenvalue weighted by Gasteiger charge is 2.63. The van der Waals surface area contributed by atoms with Crippen molar-refractivity contribution in [2.75, 3.05) is 13.2 Å². The minimum atomic E-state index is -4.05. The molecule has 0 bridgehead atoms. The highest BCUT2D eigenvalue weighted by Crippen LogP contribution is 2.48. The molecule has 2 saturated carbocycles. The van der Waals surface area contributed by atoms with Crippen LogP contribution in [0, 0.1) is 17.8 Å². The first kappa shape index (κ1) is 46.0. The van der Waals surface area contributed by atoms with E-state index in [-0.39, 0.29) is 35.5 Å². The van der Waals surface area contributed by atoms with E-state index in [9.17, 15) is 36.4 Å². The van der Waals surface area contributed by atoms with Crippen molar-refractivity contribution in [1.29, 1.82) is 0 Å². The zero-order valence-corrected chi connectivity index (χ0v) is 37.3. The predicted molar refractivity (Wildman–Crippen MR) is 231 cm³/mol. The van der Waals surface area contributed by atoms with E-state index in [1.807, 2.05) is 57.2 Å². The highest BCUT2D eigenvalue weighted by atomic mass is 32.2. The van der Waals surface area contributed by atoms with Crippen molar-refractivity contribution in [3.63, 3.8) is 0 Å². The van der Waals surface area contributed by atoms with Crippen molar-refractivity contribution in [3.05, 3.63) is 42.0 Å². The second-order valence-corrected chi connectivity index (χ2v) is 20.3. The molecule has 0 unspecified atom stereocenters. The van der Waals surface area contributed by atoms with Gasteiger partial charge < -0.3 is 29.7 Å². The Balaban J connectivity index is 0.00000215. The minimum absolute atomic E-state index is 0. The van der Waals surface area contributed by atoms with E-state index in [0.717, 1.165) is 37.6 Å². The Kier molecular flexibility index (Phi) is 13.1. The van der Waals surface area contributed by atoms with Crippen molar-refractivity contribution in [3.8, 4) is 11.8 Å². The number of sulfonamides is 1. The van der Waals surface area contributed by atoms with Crippen LogP contribution >= 0.6 is 0 Å². The molecule has 3 N–H and O–H groups in total. The third kappa shape index (κ3) is 9.46. The zero-order valence-electron chi connectivity index (χ0n) is 36.4. The van der Waals surface area contributed by atoms with E-state index in [2.05, 4.69) is 15.4 Å². The molecule has 1 aromatic carbocycles. The molecule has 7 rings (SSSR count). The summed E-state index contributed by atoms with van der Waals surface area (Å²) >= 11 is 0. The van der Waals surface area contributed by atoms with Gasteiger partial charge in [-0.25, -0.2) is 22.0 Å². The maximum Gasteiger partial charge on any atom is 0.408 e. The van der Waals surface area contributed by atoms with Gasteiger partial charge in [0.15, 0.2) is 5.60 Å². The van der Waals surface area contributed by atoms with Gasteiger partial charge in [-0.15, -0.1) is 0 Å². The van der Waals surface area contributed by atoms with E-state index in [4.69, 9.17) is 19.2 Å². The van der Waals surface area contributed by atoms with Crippen molar-refractivity contribution in [1.82, 2.24) is 25.2 Å². The molecule has 342 valence electrons. The molecule has 3 aliphatic heterocycles. The number of allylic oxidation sites excluding steroid dienone is 1. The SMILES string of the molecule is CC.C[C@@H]1CC/C=C\[C@@H]2C[C@@]2(C(=O)NS(=O)(=O)C2(C)CC2)NC(=O)[C@@H]2C[C@@H](Oc3nc4c(c5ccccc35)CCCO4)CN2C(=O)[C@@H](NC(=O)OC(C)(C)C(C)(F)F)[C@H](C)C1.[HH].[HH].[HH]. The molecule has 4 heterocycles. The Morgan fingerprint density at radius 3 is 2.44 bits per heavy atom. The van der Waals surface area contributed by atoms with Crippen molar-refractivity contribution >= 4 is 44.6 Å². The number of nitrogens with zero attached hydrogens (tertiary/aromatic N) is 2. The second kappa shape index (κ2) is 17.3. The smallest absolute Gasteiger partial charge is 0.408 e. The van der Waals surface area contributed by atoms with Gasteiger partial charge in [-0.05, 0) is 95.4 Å². The van der Waals surface area contributed by atoms with Crippen LogP contribution in [0.4, 0.5) is 13.6 Å². The van der Waals surface area contributed by atoms with Crippen LogP contribution in [0.25, 0.3) is 10.8 Å². The molecule has 2 aromatic rings. The minimum Gasteiger partial charge on any atom is -0.477 e. The number of alkyl carbamates (subject to hydrolysis) is 1. The van der Waals surface area contributed by atoms with Crippen molar-refractivity contribution < 1.29 is 54.9 Å². The Labute approximate surface area is 361 Å². The molecular formula is C44H67F2N5O9S. The molecule has 7 atom stereocenters. The number of aromatic nitrogens is 1. The molecule has 61 heavy (non-hydrogen) atoms. The monoisotopic (exact) mass is 879 g/mol. The fraction of sp³-hybridized carbons (Fsp3) is 0.659. The fourth-order valence-corrected chi connectivity index (χ4v) is 9.68. The number of carbonyl (C=O) groups excluding carboxylic acids is 4. The summed E-state index contributed by atoms with van der Waals surface area (Å²) in [5.74, 6) is -6.02. The number of aryl methyl sites for hydroxylation is 1. The number of ether oxygens (including phenoxy) is 3. The Bertz CT molecular complexity index is 2170. The van der Waals surface area contributed by atoms with Gasteiger partial charge in [0, 0.05) is 34.5 Å². The maximum atomic E-state index is 14.9. The van der Waals surface area contributed by atoms with E-state index >= 15 is 0 Å². The zero-order chi connectivity index (χ0) is 44.7. The lowest BCUT2D eigenvalue weighted by molar-refractivity contribution is -0.152. The summed E-state index contributed by atoms with van der Waals surface area (Å²) in [5.41, 5.74) is -2.87. The number of halogens is 2. The molecule has 0 radical (unpaired) electrons. The van der Waals surface area contributed by atoms with Gasteiger partial charge >= 0.3 is 6.09 Å². The standard InChI is InChI=1S/C42H55F2N5O9S.C2H6.3H2/c1-24-12-7-8-13-26-22-42(26,37(52)48-59(54,55)40(5)17-18-40)47-33(50)31-21-27(57-35-30-15-10-9-14-28(30)29-16-11-19-56-34(29)46-35)23-49(31)36(51)32(25(2)20-24)45-38(53)58-39(3,4)41(6,43)44;1-2;;;/h8-10,13-15,24-27,31-32H,7,11-12,16-23H2,1-6H3,(H,45,53)(H,47,50)(H,48,52);1-2H3;3*1H/b13-8-;;;;/t24-,25-,26-,27-,31+,32+,42-;;;;/m1..../s1. The Morgan fingerprint density at radius 2 is 1.77 bits per heavy atom. The van der Waals surface area contributed by atoms with Crippen molar-refractivity contribution in [2.45, 2.75) is 153 Å². The number of hydrogen-bond acceptors (Lipinski definition) is 10. The third-order valence-electron chi connectivity index (χ3n) is 13.0. The van der Waals surface area contributed by atoms with Gasteiger partial charge in [-0.3, -0.25) is 19.1 Å². The van der Waals surface area contributed by atoms with Crippen LogP contribution in [0.1, 0.15) is 117 Å². The lowest BCUT2D eigenvalue weighted by Crippen LogP contribution is -2.59. The summed E-state index contributed by atoms with van der Waals surface area (Å²) in [5, 5.41) is 7.03. The first-order valence-electron chi connectivity index (χ1n) is 21.6. The number of nitrogens with one attached hydrogen (secondary N) is 3. The molecule has 3 fully saturated rings. The Hall–Kier alpha value is -4.54. The van der Waals surface area contributed by atoms with Gasteiger partial charge in [0.2, 0.25) is 33.6 Å². The predicted octanol–water partition coefficient (Wildman–Crippen LogP) is 7.09. The molecule has 17 heteroatoms. The van der Waals surface area contributed by atoms with E-state index < -0.39 is 85.7 Å². The maximum absolute atomic E-state index is 14.9. The summed E-state index contributed by atoms with van der Waals surface area (Å²) in [4.78, 5) is 62.9.